The third-order valence-electron chi connectivity index (χ3n) is 3.61. The number of benzene rings is 2. The van der Waals surface area contributed by atoms with Gasteiger partial charge in [0.05, 0.1) is 26.9 Å². The van der Waals surface area contributed by atoms with Crippen LogP contribution in [-0.4, -0.2) is 4.98 Å². The van der Waals surface area contributed by atoms with Crippen molar-refractivity contribution in [1.29, 1.82) is 5.26 Å². The first-order valence-corrected chi connectivity index (χ1v) is 8.17. The molecule has 0 unspecified atom stereocenters. The van der Waals surface area contributed by atoms with Crippen molar-refractivity contribution in [1.82, 2.24) is 4.98 Å². The van der Waals surface area contributed by atoms with Crippen LogP contribution in [0.25, 0.3) is 21.9 Å². The van der Waals surface area contributed by atoms with Gasteiger partial charge in [-0.2, -0.15) is 31.6 Å². The van der Waals surface area contributed by atoms with Crippen molar-refractivity contribution in [2.45, 2.75) is 12.4 Å². The molecule has 0 N–H and O–H groups in total. The maximum Gasteiger partial charge on any atom is 0.416 e. The van der Waals surface area contributed by atoms with E-state index in [0.29, 0.717) is 10.3 Å². The molecule has 27 heavy (non-hydrogen) atoms. The first-order chi connectivity index (χ1) is 12.6. The minimum atomic E-state index is -4.51. The zero-order chi connectivity index (χ0) is 19.8. The summed E-state index contributed by atoms with van der Waals surface area (Å²) in [5.41, 5.74) is -1.19. The molecule has 3 rings (SSSR count). The SMILES string of the molecule is N#CC(=Cc1ccc(C(F)(F)F)cc1)c1nc2cc(C(F)(F)F)ccc2s1. The van der Waals surface area contributed by atoms with Crippen molar-refractivity contribution in [2.24, 2.45) is 0 Å². The van der Waals surface area contributed by atoms with E-state index in [9.17, 15) is 31.6 Å². The molecule has 0 aliphatic heterocycles. The highest BCUT2D eigenvalue weighted by molar-refractivity contribution is 7.19. The topological polar surface area (TPSA) is 36.7 Å². The lowest BCUT2D eigenvalue weighted by molar-refractivity contribution is -0.138. The van der Waals surface area contributed by atoms with Gasteiger partial charge in [-0.25, -0.2) is 4.98 Å². The lowest BCUT2D eigenvalue weighted by Crippen LogP contribution is -2.04. The summed E-state index contributed by atoms with van der Waals surface area (Å²) in [6.45, 7) is 0. The number of allylic oxidation sites excluding steroid dienone is 1. The molecule has 0 saturated carbocycles. The molecule has 2 nitrogen and oxygen atoms in total. The monoisotopic (exact) mass is 398 g/mol. The van der Waals surface area contributed by atoms with Crippen LogP contribution in [0.15, 0.2) is 42.5 Å². The van der Waals surface area contributed by atoms with Crippen molar-refractivity contribution in [2.75, 3.05) is 0 Å². The van der Waals surface area contributed by atoms with Crippen LogP contribution >= 0.6 is 11.3 Å². The first kappa shape index (κ1) is 18.9. The summed E-state index contributed by atoms with van der Waals surface area (Å²) in [5, 5.41) is 9.51. The maximum atomic E-state index is 12.8. The van der Waals surface area contributed by atoms with Crippen molar-refractivity contribution in [3.05, 3.63) is 64.2 Å². The molecule has 138 valence electrons. The number of nitrogens with zero attached hydrogens (tertiary/aromatic N) is 2. The van der Waals surface area contributed by atoms with Crippen LogP contribution in [0, 0.1) is 11.3 Å². The number of hydrogen-bond acceptors (Lipinski definition) is 3. The quantitative estimate of drug-likeness (QED) is 0.370. The average Bonchev–Trinajstić information content (AvgIpc) is 3.01. The summed E-state index contributed by atoms with van der Waals surface area (Å²) in [7, 11) is 0. The Morgan fingerprint density at radius 1 is 0.926 bits per heavy atom. The zero-order valence-corrected chi connectivity index (χ0v) is 14.0. The molecule has 0 spiro atoms. The Morgan fingerprint density at radius 2 is 1.52 bits per heavy atom. The first-order valence-electron chi connectivity index (χ1n) is 7.35. The van der Waals surface area contributed by atoms with E-state index in [1.807, 2.05) is 6.07 Å². The summed E-state index contributed by atoms with van der Waals surface area (Å²) in [6, 6.07) is 9.14. The van der Waals surface area contributed by atoms with Crippen molar-refractivity contribution in [3.63, 3.8) is 0 Å². The molecule has 1 aromatic heterocycles. The lowest BCUT2D eigenvalue weighted by atomic mass is 10.1. The predicted octanol–water partition coefficient (Wildman–Crippen LogP) is 6.40. The second-order valence-electron chi connectivity index (χ2n) is 5.49. The molecule has 3 aromatic rings. The zero-order valence-electron chi connectivity index (χ0n) is 13.2. The predicted molar refractivity (Wildman–Crippen MR) is 89.6 cm³/mol. The third kappa shape index (κ3) is 4.11. The van der Waals surface area contributed by atoms with E-state index in [4.69, 9.17) is 0 Å². The van der Waals surface area contributed by atoms with Crippen molar-refractivity contribution >= 4 is 33.2 Å². The standard InChI is InChI=1S/C18H8F6N2S/c19-17(20,21)12-3-1-10(2-4-12)7-11(9-25)16-26-14-8-13(18(22,23)24)5-6-15(14)27-16/h1-8H. The lowest BCUT2D eigenvalue weighted by Gasteiger charge is -2.06. The summed E-state index contributed by atoms with van der Waals surface area (Å²) < 4.78 is 76.6. The number of aromatic nitrogens is 1. The fraction of sp³-hybridized carbons (Fsp3) is 0.111. The molecule has 0 fully saturated rings. The van der Waals surface area contributed by atoms with Gasteiger partial charge in [0, 0.05) is 0 Å². The van der Waals surface area contributed by atoms with Crippen molar-refractivity contribution in [3.8, 4) is 6.07 Å². The van der Waals surface area contributed by atoms with Crippen LogP contribution < -0.4 is 0 Å². The van der Waals surface area contributed by atoms with Crippen LogP contribution in [-0.2, 0) is 12.4 Å². The Balaban J connectivity index is 1.98. The van der Waals surface area contributed by atoms with Crippen LogP contribution in [0.3, 0.4) is 0 Å². The number of thiazole rings is 1. The van der Waals surface area contributed by atoms with Gasteiger partial charge in [0.25, 0.3) is 0 Å². The Labute approximate surface area is 153 Å². The third-order valence-corrected chi connectivity index (χ3v) is 4.68. The van der Waals surface area contributed by atoms with Gasteiger partial charge in [-0.15, -0.1) is 11.3 Å². The smallest absolute Gasteiger partial charge is 0.235 e. The Morgan fingerprint density at radius 3 is 2.07 bits per heavy atom. The molecule has 0 atom stereocenters. The highest BCUT2D eigenvalue weighted by atomic mass is 32.1. The summed E-state index contributed by atoms with van der Waals surface area (Å²) >= 11 is 1.03. The van der Waals surface area contributed by atoms with Crippen LogP contribution in [0.4, 0.5) is 26.3 Å². The van der Waals surface area contributed by atoms with Gasteiger partial charge in [0.15, 0.2) is 0 Å². The summed E-state index contributed by atoms with van der Waals surface area (Å²) in [4.78, 5) is 4.06. The number of fused-ring (bicyclic) bond motifs is 1. The van der Waals surface area contributed by atoms with Gasteiger partial charge in [-0.1, -0.05) is 12.1 Å². The van der Waals surface area contributed by atoms with Gasteiger partial charge < -0.3 is 0 Å². The van der Waals surface area contributed by atoms with Crippen molar-refractivity contribution < 1.29 is 26.3 Å². The minimum absolute atomic E-state index is 0.0458. The molecule has 0 bridgehead atoms. The molecular weight excluding hydrogens is 390 g/mol. The van der Waals surface area contributed by atoms with Gasteiger partial charge in [0.1, 0.15) is 11.1 Å². The highest BCUT2D eigenvalue weighted by Crippen LogP contribution is 2.35. The number of rotatable bonds is 2. The van der Waals surface area contributed by atoms with E-state index in [1.54, 1.807) is 0 Å². The number of nitriles is 1. The molecular formula is C18H8F6N2S. The molecule has 0 aliphatic carbocycles. The molecule has 0 radical (unpaired) electrons. The van der Waals surface area contributed by atoms with Crippen LogP contribution in [0.2, 0.25) is 0 Å². The molecule has 0 aliphatic rings. The van der Waals surface area contributed by atoms with Gasteiger partial charge in [0.2, 0.25) is 0 Å². The maximum absolute atomic E-state index is 12.8. The summed E-state index contributed by atoms with van der Waals surface area (Å²) in [5.74, 6) is 0. The second-order valence-corrected chi connectivity index (χ2v) is 6.52. The fourth-order valence-corrected chi connectivity index (χ4v) is 3.21. The average molecular weight is 398 g/mol. The van der Waals surface area contributed by atoms with Gasteiger partial charge >= 0.3 is 12.4 Å². The Kier molecular flexibility index (Phi) is 4.70. The highest BCUT2D eigenvalue weighted by Gasteiger charge is 2.31. The van der Waals surface area contributed by atoms with E-state index in [-0.39, 0.29) is 16.1 Å². The van der Waals surface area contributed by atoms with Crippen LogP contribution in [0.5, 0.6) is 0 Å². The van der Waals surface area contributed by atoms with E-state index in [2.05, 4.69) is 4.98 Å². The number of alkyl halides is 6. The molecule has 9 heteroatoms. The minimum Gasteiger partial charge on any atom is -0.235 e. The Bertz CT molecular complexity index is 1050. The molecule has 0 saturated heterocycles. The number of halogens is 6. The van der Waals surface area contributed by atoms with E-state index in [1.165, 1.54) is 24.3 Å². The fourth-order valence-electron chi connectivity index (χ4n) is 2.30. The van der Waals surface area contributed by atoms with Crippen LogP contribution in [0.1, 0.15) is 21.7 Å². The summed E-state index contributed by atoms with van der Waals surface area (Å²) in [6.07, 6.45) is -7.64. The molecule has 1 heterocycles. The van der Waals surface area contributed by atoms with Gasteiger partial charge in [-0.3, -0.25) is 0 Å². The second kappa shape index (κ2) is 6.70. The largest absolute Gasteiger partial charge is 0.416 e. The molecule has 2 aromatic carbocycles. The van der Waals surface area contributed by atoms with Gasteiger partial charge in [-0.05, 0) is 42.0 Å². The normalized spacial score (nSPS) is 13.0. The molecule has 0 amide bonds. The van der Waals surface area contributed by atoms with E-state index in [0.717, 1.165) is 35.6 Å². The Hall–Kier alpha value is -2.86. The number of hydrogen-bond donors (Lipinski definition) is 0. The van der Waals surface area contributed by atoms with E-state index >= 15 is 0 Å². The van der Waals surface area contributed by atoms with E-state index < -0.39 is 23.5 Å².